The van der Waals surface area contributed by atoms with E-state index in [0.29, 0.717) is 22.4 Å². The first kappa shape index (κ1) is 14.9. The summed E-state index contributed by atoms with van der Waals surface area (Å²) in [6.07, 6.45) is -0.0310. The van der Waals surface area contributed by atoms with Crippen LogP contribution in [0.3, 0.4) is 0 Å². The summed E-state index contributed by atoms with van der Waals surface area (Å²) >= 11 is 0. The Kier molecular flexibility index (Phi) is 4.44. The molecular weight excluding hydrogens is 269 g/mol. The van der Waals surface area contributed by atoms with Gasteiger partial charge in [0.25, 0.3) is 0 Å². The van der Waals surface area contributed by atoms with Crippen molar-refractivity contribution < 1.29 is 13.9 Å². The van der Waals surface area contributed by atoms with Gasteiger partial charge in [0.2, 0.25) is 0 Å². The van der Waals surface area contributed by atoms with Gasteiger partial charge in [0.1, 0.15) is 11.8 Å². The maximum Gasteiger partial charge on any atom is 0.172 e. The molecule has 0 aliphatic carbocycles. The molecule has 2 aromatic carbocycles. The van der Waals surface area contributed by atoms with Crippen LogP contribution in [-0.4, -0.2) is 13.2 Å². The van der Waals surface area contributed by atoms with Gasteiger partial charge in [0, 0.05) is 5.56 Å². The van der Waals surface area contributed by atoms with Crippen molar-refractivity contribution in [3.63, 3.8) is 0 Å². The van der Waals surface area contributed by atoms with Crippen molar-refractivity contribution in [3.8, 4) is 28.7 Å². The quantitative estimate of drug-likeness (QED) is 0.847. The first-order valence-electron chi connectivity index (χ1n) is 6.60. The van der Waals surface area contributed by atoms with Gasteiger partial charge in [-0.1, -0.05) is 18.2 Å². The van der Waals surface area contributed by atoms with Crippen LogP contribution in [0.2, 0.25) is 0 Å². The summed E-state index contributed by atoms with van der Waals surface area (Å²) in [5, 5.41) is 9.22. The standard InChI is InChI=1S/C17H16FNO2/c1-11(2)21-15-8-7-12(9-13(15)10-19)14-5-4-6-16(20-3)17(14)18/h4-9,11H,1-3H3. The van der Waals surface area contributed by atoms with Gasteiger partial charge in [-0.25, -0.2) is 4.39 Å². The summed E-state index contributed by atoms with van der Waals surface area (Å²) in [6.45, 7) is 3.77. The maximum absolute atomic E-state index is 14.3. The normalized spacial score (nSPS) is 10.3. The van der Waals surface area contributed by atoms with Crippen molar-refractivity contribution in [1.82, 2.24) is 0 Å². The minimum Gasteiger partial charge on any atom is -0.494 e. The molecule has 2 aromatic rings. The highest BCUT2D eigenvalue weighted by molar-refractivity contribution is 5.69. The Morgan fingerprint density at radius 3 is 2.52 bits per heavy atom. The number of halogens is 1. The minimum absolute atomic E-state index is 0.0310. The number of benzene rings is 2. The van der Waals surface area contributed by atoms with Crippen molar-refractivity contribution in [2.45, 2.75) is 20.0 Å². The molecule has 0 unspecified atom stereocenters. The van der Waals surface area contributed by atoms with Crippen LogP contribution in [0.1, 0.15) is 19.4 Å². The lowest BCUT2D eigenvalue weighted by molar-refractivity contribution is 0.242. The Morgan fingerprint density at radius 2 is 1.90 bits per heavy atom. The number of nitrogens with zero attached hydrogens (tertiary/aromatic N) is 1. The second-order valence-corrected chi connectivity index (χ2v) is 4.81. The van der Waals surface area contributed by atoms with Crippen LogP contribution >= 0.6 is 0 Å². The fourth-order valence-corrected chi connectivity index (χ4v) is 2.03. The summed E-state index contributed by atoms with van der Waals surface area (Å²) in [7, 11) is 1.42. The van der Waals surface area contributed by atoms with Crippen LogP contribution in [-0.2, 0) is 0 Å². The molecule has 108 valence electrons. The molecule has 4 heteroatoms. The molecule has 0 radical (unpaired) electrons. The monoisotopic (exact) mass is 285 g/mol. The second kappa shape index (κ2) is 6.27. The highest BCUT2D eigenvalue weighted by Crippen LogP contribution is 2.32. The Bertz CT molecular complexity index is 690. The number of nitriles is 1. The number of hydrogen-bond donors (Lipinski definition) is 0. The third-order valence-corrected chi connectivity index (χ3v) is 2.96. The van der Waals surface area contributed by atoms with E-state index in [4.69, 9.17) is 9.47 Å². The van der Waals surface area contributed by atoms with Crippen LogP contribution < -0.4 is 9.47 Å². The lowest BCUT2D eigenvalue weighted by Gasteiger charge is -2.13. The van der Waals surface area contributed by atoms with Gasteiger partial charge in [0.15, 0.2) is 11.6 Å². The summed E-state index contributed by atoms with van der Waals surface area (Å²) in [5.74, 6) is 0.231. The highest BCUT2D eigenvalue weighted by Gasteiger charge is 2.13. The van der Waals surface area contributed by atoms with E-state index < -0.39 is 5.82 Å². The third kappa shape index (κ3) is 3.14. The smallest absolute Gasteiger partial charge is 0.172 e. The molecule has 0 aromatic heterocycles. The van der Waals surface area contributed by atoms with Crippen LogP contribution in [0.5, 0.6) is 11.5 Å². The van der Waals surface area contributed by atoms with E-state index >= 15 is 0 Å². The largest absolute Gasteiger partial charge is 0.494 e. The molecule has 0 aliphatic heterocycles. The number of methoxy groups -OCH3 is 1. The molecule has 0 aliphatic rings. The molecule has 0 heterocycles. The van der Waals surface area contributed by atoms with E-state index in [2.05, 4.69) is 6.07 Å². The minimum atomic E-state index is -0.443. The molecule has 0 amide bonds. The highest BCUT2D eigenvalue weighted by atomic mass is 19.1. The van der Waals surface area contributed by atoms with E-state index in [1.807, 2.05) is 13.8 Å². The van der Waals surface area contributed by atoms with Crippen LogP contribution in [0, 0.1) is 17.1 Å². The second-order valence-electron chi connectivity index (χ2n) is 4.81. The van der Waals surface area contributed by atoms with Crippen molar-refractivity contribution in [2.75, 3.05) is 7.11 Å². The van der Waals surface area contributed by atoms with E-state index in [9.17, 15) is 9.65 Å². The Hall–Kier alpha value is -2.54. The van der Waals surface area contributed by atoms with Gasteiger partial charge < -0.3 is 9.47 Å². The van der Waals surface area contributed by atoms with Gasteiger partial charge in [-0.3, -0.25) is 0 Å². The molecule has 0 N–H and O–H groups in total. The van der Waals surface area contributed by atoms with Crippen LogP contribution in [0.25, 0.3) is 11.1 Å². The fraction of sp³-hybridized carbons (Fsp3) is 0.235. The molecule has 3 nitrogen and oxygen atoms in total. The SMILES string of the molecule is COc1cccc(-c2ccc(OC(C)C)c(C#N)c2)c1F. The lowest BCUT2D eigenvalue weighted by atomic mass is 10.0. The average Bonchev–Trinajstić information content (AvgIpc) is 2.47. The zero-order chi connectivity index (χ0) is 15.4. The Labute approximate surface area is 123 Å². The summed E-state index contributed by atoms with van der Waals surface area (Å²) in [5.41, 5.74) is 1.38. The Morgan fingerprint density at radius 1 is 1.14 bits per heavy atom. The molecule has 0 atom stereocenters. The van der Waals surface area contributed by atoms with Crippen molar-refractivity contribution in [1.29, 1.82) is 5.26 Å². The third-order valence-electron chi connectivity index (χ3n) is 2.96. The molecule has 2 rings (SSSR count). The van der Waals surface area contributed by atoms with Crippen molar-refractivity contribution in [2.24, 2.45) is 0 Å². The van der Waals surface area contributed by atoms with Crippen molar-refractivity contribution in [3.05, 3.63) is 47.8 Å². The topological polar surface area (TPSA) is 42.2 Å². The lowest BCUT2D eigenvalue weighted by Crippen LogP contribution is -2.06. The maximum atomic E-state index is 14.3. The zero-order valence-corrected chi connectivity index (χ0v) is 12.2. The molecule has 0 spiro atoms. The predicted octanol–water partition coefficient (Wildman–Crippen LogP) is 4.16. The van der Waals surface area contributed by atoms with Gasteiger partial charge in [-0.2, -0.15) is 5.26 Å². The average molecular weight is 285 g/mol. The molecule has 0 saturated carbocycles. The van der Waals surface area contributed by atoms with E-state index in [0.717, 1.165) is 0 Å². The van der Waals surface area contributed by atoms with Crippen LogP contribution in [0.15, 0.2) is 36.4 Å². The van der Waals surface area contributed by atoms with Crippen molar-refractivity contribution >= 4 is 0 Å². The first-order valence-corrected chi connectivity index (χ1v) is 6.60. The molecule has 0 saturated heterocycles. The number of ether oxygens (including phenoxy) is 2. The van der Waals surface area contributed by atoms with Crippen LogP contribution in [0.4, 0.5) is 4.39 Å². The van der Waals surface area contributed by atoms with E-state index in [1.54, 1.807) is 36.4 Å². The fourth-order valence-electron chi connectivity index (χ4n) is 2.03. The number of rotatable bonds is 4. The van der Waals surface area contributed by atoms with Gasteiger partial charge in [0.05, 0.1) is 18.8 Å². The van der Waals surface area contributed by atoms with E-state index in [-0.39, 0.29) is 11.9 Å². The van der Waals surface area contributed by atoms with E-state index in [1.165, 1.54) is 7.11 Å². The first-order chi connectivity index (χ1) is 10.1. The summed E-state index contributed by atoms with van der Waals surface area (Å²) < 4.78 is 24.8. The predicted molar refractivity (Wildman–Crippen MR) is 78.9 cm³/mol. The molecule has 0 bridgehead atoms. The zero-order valence-electron chi connectivity index (χ0n) is 12.2. The summed E-state index contributed by atoms with van der Waals surface area (Å²) in [6, 6.07) is 12.0. The Balaban J connectivity index is 2.49. The van der Waals surface area contributed by atoms with Gasteiger partial charge in [-0.05, 0) is 37.6 Å². The number of hydrogen-bond acceptors (Lipinski definition) is 3. The molecule has 21 heavy (non-hydrogen) atoms. The van der Waals surface area contributed by atoms with Gasteiger partial charge in [-0.15, -0.1) is 0 Å². The molecule has 0 fully saturated rings. The van der Waals surface area contributed by atoms with Gasteiger partial charge >= 0.3 is 0 Å². The molecular formula is C17H16FNO2. The summed E-state index contributed by atoms with van der Waals surface area (Å²) in [4.78, 5) is 0.